The monoisotopic (exact) mass is 395 g/mol. The van der Waals surface area contributed by atoms with E-state index in [0.29, 0.717) is 13.0 Å². The summed E-state index contributed by atoms with van der Waals surface area (Å²) in [6.07, 6.45) is -2.93. The van der Waals surface area contributed by atoms with Gasteiger partial charge in [-0.05, 0) is 48.6 Å². The molecule has 0 saturated carbocycles. The van der Waals surface area contributed by atoms with Crippen molar-refractivity contribution >= 4 is 5.91 Å². The number of hydrogen-bond donors (Lipinski definition) is 1. The fraction of sp³-hybridized carbons (Fsp3) is 0.381. The number of hydrogen-bond acceptors (Lipinski definition) is 3. The van der Waals surface area contributed by atoms with Gasteiger partial charge in [0, 0.05) is 13.0 Å². The summed E-state index contributed by atoms with van der Waals surface area (Å²) in [5, 5.41) is 2.89. The summed E-state index contributed by atoms with van der Waals surface area (Å²) in [4.78, 5) is 12.0. The number of amides is 1. The number of methoxy groups -OCH3 is 1. The third kappa shape index (κ3) is 7.13. The first-order valence-electron chi connectivity index (χ1n) is 8.96. The average Bonchev–Trinajstić information content (AvgIpc) is 2.66. The third-order valence-corrected chi connectivity index (χ3v) is 4.24. The van der Waals surface area contributed by atoms with Crippen molar-refractivity contribution in [3.05, 3.63) is 59.2 Å². The quantitative estimate of drug-likeness (QED) is 0.691. The highest BCUT2D eigenvalue weighted by Gasteiger charge is 2.29. The lowest BCUT2D eigenvalue weighted by Crippen LogP contribution is -2.26. The van der Waals surface area contributed by atoms with Gasteiger partial charge >= 0.3 is 6.18 Å². The number of ether oxygens (including phenoxy) is 2. The van der Waals surface area contributed by atoms with Crippen LogP contribution in [0.4, 0.5) is 13.2 Å². The molecule has 4 nitrogen and oxygen atoms in total. The van der Waals surface area contributed by atoms with Gasteiger partial charge in [-0.3, -0.25) is 4.79 Å². The molecule has 0 aliphatic carbocycles. The summed E-state index contributed by atoms with van der Waals surface area (Å²) < 4.78 is 46.7. The largest absolute Gasteiger partial charge is 0.493 e. The predicted molar refractivity (Wildman–Crippen MR) is 101 cm³/mol. The van der Waals surface area contributed by atoms with Crippen molar-refractivity contribution in [2.75, 3.05) is 20.3 Å². The molecule has 2 rings (SSSR count). The van der Waals surface area contributed by atoms with Crippen molar-refractivity contribution in [2.45, 2.75) is 32.4 Å². The molecule has 0 atom stereocenters. The summed E-state index contributed by atoms with van der Waals surface area (Å²) in [5.74, 6) is 0.151. The van der Waals surface area contributed by atoms with Crippen molar-refractivity contribution in [2.24, 2.45) is 0 Å². The molecule has 2 aromatic rings. The number of halogens is 3. The maximum Gasteiger partial charge on any atom is 0.422 e. The normalized spacial score (nSPS) is 11.2. The fourth-order valence-corrected chi connectivity index (χ4v) is 2.72. The van der Waals surface area contributed by atoms with Crippen LogP contribution in [0.3, 0.4) is 0 Å². The minimum absolute atomic E-state index is 0.0197. The van der Waals surface area contributed by atoms with E-state index in [1.165, 1.54) is 24.3 Å². The van der Waals surface area contributed by atoms with Gasteiger partial charge in [0.05, 0.1) is 7.11 Å². The van der Waals surface area contributed by atoms with Gasteiger partial charge < -0.3 is 14.8 Å². The lowest BCUT2D eigenvalue weighted by Gasteiger charge is -2.13. The summed E-state index contributed by atoms with van der Waals surface area (Å²) in [7, 11) is 1.36. The van der Waals surface area contributed by atoms with Crippen molar-refractivity contribution in [3.8, 4) is 11.5 Å². The van der Waals surface area contributed by atoms with Gasteiger partial charge in [-0.1, -0.05) is 30.3 Å². The number of carbonyl (C=O) groups excluding carboxylic acids is 1. The first-order chi connectivity index (χ1) is 13.3. The van der Waals surface area contributed by atoms with E-state index in [9.17, 15) is 18.0 Å². The maximum atomic E-state index is 12.3. The minimum atomic E-state index is -4.42. The highest BCUT2D eigenvalue weighted by Crippen LogP contribution is 2.30. The van der Waals surface area contributed by atoms with Gasteiger partial charge in [0.2, 0.25) is 5.91 Å². The predicted octanol–water partition coefficient (Wildman–Crippen LogP) is 4.24. The molecule has 0 heterocycles. The number of aryl methyl sites for hydroxylation is 2. The van der Waals surface area contributed by atoms with Gasteiger partial charge in [0.15, 0.2) is 18.1 Å². The van der Waals surface area contributed by atoms with Crippen LogP contribution in [0.15, 0.2) is 42.5 Å². The molecule has 0 aliphatic rings. The molecule has 1 amide bonds. The van der Waals surface area contributed by atoms with E-state index in [4.69, 9.17) is 9.47 Å². The Labute approximate surface area is 162 Å². The van der Waals surface area contributed by atoms with Crippen LogP contribution in [0.25, 0.3) is 0 Å². The molecule has 0 spiro atoms. The smallest absolute Gasteiger partial charge is 0.422 e. The molecule has 0 aromatic heterocycles. The standard InChI is InChI=1S/C21H24F3NO3/c1-15-5-3-4-6-17(15)11-12-25-20(26)10-8-16-7-9-18(19(13-16)27-2)28-14-21(22,23)24/h3-7,9,13H,8,10-12,14H2,1-2H3,(H,25,26). The molecule has 1 N–H and O–H groups in total. The number of carbonyl (C=O) groups is 1. The van der Waals surface area contributed by atoms with Gasteiger partial charge in [0.1, 0.15) is 0 Å². The number of nitrogens with one attached hydrogen (secondary N) is 1. The van der Waals surface area contributed by atoms with E-state index in [0.717, 1.165) is 12.0 Å². The van der Waals surface area contributed by atoms with Crippen LogP contribution in [0, 0.1) is 6.92 Å². The second kappa shape index (κ2) is 10.0. The Hall–Kier alpha value is -2.70. The van der Waals surface area contributed by atoms with E-state index in [1.54, 1.807) is 12.1 Å². The zero-order valence-corrected chi connectivity index (χ0v) is 15.9. The Balaban J connectivity index is 1.81. The Morgan fingerprint density at radius 2 is 1.82 bits per heavy atom. The molecule has 0 unspecified atom stereocenters. The van der Waals surface area contributed by atoms with Gasteiger partial charge in [0.25, 0.3) is 0 Å². The van der Waals surface area contributed by atoms with Crippen LogP contribution in [-0.2, 0) is 17.6 Å². The molecule has 7 heteroatoms. The topological polar surface area (TPSA) is 47.6 Å². The van der Waals surface area contributed by atoms with Crippen LogP contribution in [-0.4, -0.2) is 32.3 Å². The number of alkyl halides is 3. The zero-order chi connectivity index (χ0) is 20.6. The van der Waals surface area contributed by atoms with Crippen molar-refractivity contribution in [1.29, 1.82) is 0 Å². The summed E-state index contributed by atoms with van der Waals surface area (Å²) in [6, 6.07) is 12.7. The maximum absolute atomic E-state index is 12.3. The van der Waals surface area contributed by atoms with Crippen LogP contribution < -0.4 is 14.8 Å². The molecule has 28 heavy (non-hydrogen) atoms. The molecule has 0 bridgehead atoms. The molecule has 0 fully saturated rings. The Bertz CT molecular complexity index is 791. The van der Waals surface area contributed by atoms with Crippen LogP contribution >= 0.6 is 0 Å². The highest BCUT2D eigenvalue weighted by atomic mass is 19.4. The fourth-order valence-electron chi connectivity index (χ4n) is 2.72. The van der Waals surface area contributed by atoms with E-state index in [1.807, 2.05) is 31.2 Å². The molecular formula is C21H24F3NO3. The average molecular weight is 395 g/mol. The number of benzene rings is 2. The molecule has 2 aromatic carbocycles. The van der Waals surface area contributed by atoms with Crippen LogP contribution in [0.5, 0.6) is 11.5 Å². The van der Waals surface area contributed by atoms with Crippen molar-refractivity contribution in [1.82, 2.24) is 5.32 Å². The molecule has 0 saturated heterocycles. The van der Waals surface area contributed by atoms with Gasteiger partial charge in [-0.15, -0.1) is 0 Å². The second-order valence-corrected chi connectivity index (χ2v) is 6.42. The van der Waals surface area contributed by atoms with Crippen molar-refractivity contribution in [3.63, 3.8) is 0 Å². The lowest BCUT2D eigenvalue weighted by molar-refractivity contribution is -0.153. The second-order valence-electron chi connectivity index (χ2n) is 6.42. The Kier molecular flexibility index (Phi) is 7.72. The first-order valence-corrected chi connectivity index (χ1v) is 8.96. The van der Waals surface area contributed by atoms with Crippen molar-refractivity contribution < 1.29 is 27.4 Å². The van der Waals surface area contributed by atoms with E-state index < -0.39 is 12.8 Å². The summed E-state index contributed by atoms with van der Waals surface area (Å²) in [6.45, 7) is 1.20. The highest BCUT2D eigenvalue weighted by molar-refractivity contribution is 5.76. The molecular weight excluding hydrogens is 371 g/mol. The summed E-state index contributed by atoms with van der Waals surface area (Å²) >= 11 is 0. The summed E-state index contributed by atoms with van der Waals surface area (Å²) in [5.41, 5.74) is 3.17. The van der Waals surface area contributed by atoms with E-state index in [2.05, 4.69) is 5.32 Å². The van der Waals surface area contributed by atoms with E-state index in [-0.39, 0.29) is 23.8 Å². The van der Waals surface area contributed by atoms with Crippen LogP contribution in [0.1, 0.15) is 23.1 Å². The molecule has 152 valence electrons. The molecule has 0 aliphatic heterocycles. The van der Waals surface area contributed by atoms with Gasteiger partial charge in [-0.25, -0.2) is 0 Å². The minimum Gasteiger partial charge on any atom is -0.493 e. The first kappa shape index (κ1) is 21.6. The van der Waals surface area contributed by atoms with E-state index >= 15 is 0 Å². The van der Waals surface area contributed by atoms with Gasteiger partial charge in [-0.2, -0.15) is 13.2 Å². The Morgan fingerprint density at radius 1 is 1.07 bits per heavy atom. The Morgan fingerprint density at radius 3 is 2.50 bits per heavy atom. The SMILES string of the molecule is COc1cc(CCC(=O)NCCc2ccccc2C)ccc1OCC(F)(F)F. The van der Waals surface area contributed by atoms with Crippen LogP contribution in [0.2, 0.25) is 0 Å². The lowest BCUT2D eigenvalue weighted by atomic mass is 10.1. The molecule has 0 radical (unpaired) electrons. The zero-order valence-electron chi connectivity index (χ0n) is 15.9. The third-order valence-electron chi connectivity index (χ3n) is 4.24. The number of rotatable bonds is 9.